The number of hydrogen-bond acceptors (Lipinski definition) is 5. The maximum atomic E-state index is 13.4. The van der Waals surface area contributed by atoms with E-state index in [0.29, 0.717) is 17.1 Å². The van der Waals surface area contributed by atoms with E-state index in [1.54, 1.807) is 32.2 Å². The number of sulfonamides is 1. The van der Waals surface area contributed by atoms with Gasteiger partial charge in [-0.1, -0.05) is 19.1 Å². The van der Waals surface area contributed by atoms with Gasteiger partial charge in [-0.2, -0.15) is 13.2 Å². The second kappa shape index (κ2) is 8.73. The Kier molecular flexibility index (Phi) is 6.40. The number of anilines is 1. The zero-order valence-electron chi connectivity index (χ0n) is 17.4. The Morgan fingerprint density at radius 2 is 1.84 bits per heavy atom. The minimum atomic E-state index is -4.83. The van der Waals surface area contributed by atoms with Crippen LogP contribution in [0.1, 0.15) is 37.8 Å². The van der Waals surface area contributed by atoms with Crippen molar-refractivity contribution < 1.29 is 26.4 Å². The second-order valence-corrected chi connectivity index (χ2v) is 9.00. The molecule has 0 radical (unpaired) electrons. The predicted molar refractivity (Wildman–Crippen MR) is 113 cm³/mol. The molecule has 170 valence electrons. The number of nitrogens with zero attached hydrogens (tertiary/aromatic N) is 2. The van der Waals surface area contributed by atoms with Gasteiger partial charge in [-0.3, -0.25) is 14.5 Å². The van der Waals surface area contributed by atoms with Gasteiger partial charge < -0.3 is 5.32 Å². The van der Waals surface area contributed by atoms with Gasteiger partial charge in [0, 0.05) is 31.2 Å². The van der Waals surface area contributed by atoms with E-state index in [4.69, 9.17) is 0 Å². The van der Waals surface area contributed by atoms with Crippen LogP contribution in [0.25, 0.3) is 0 Å². The van der Waals surface area contributed by atoms with Crippen molar-refractivity contribution in [2.45, 2.75) is 37.8 Å². The summed E-state index contributed by atoms with van der Waals surface area (Å²) in [5.74, 6) is -0.840. The van der Waals surface area contributed by atoms with Crippen LogP contribution in [0.4, 0.5) is 19.0 Å². The van der Waals surface area contributed by atoms with Crippen molar-refractivity contribution in [1.82, 2.24) is 9.71 Å². The molecule has 1 aromatic carbocycles. The maximum Gasteiger partial charge on any atom is 0.417 e. The Hall–Kier alpha value is -3.21. The lowest BCUT2D eigenvalue weighted by molar-refractivity contribution is -0.139. The molecule has 2 heterocycles. The van der Waals surface area contributed by atoms with Crippen LogP contribution < -0.4 is 10.0 Å². The van der Waals surface area contributed by atoms with Gasteiger partial charge in [0.2, 0.25) is 5.91 Å². The number of amides is 1. The SMILES string of the molecule is CC(=O)Nc1cc(C2C=NC(C)=C(NS(=O)(=O)c3ccccc3C(F)(F)F)C2C)ccn1. The Morgan fingerprint density at radius 3 is 2.50 bits per heavy atom. The fourth-order valence-electron chi connectivity index (χ4n) is 3.48. The van der Waals surface area contributed by atoms with Crippen LogP contribution in [-0.4, -0.2) is 25.5 Å². The van der Waals surface area contributed by atoms with Gasteiger partial charge in [-0.05, 0) is 36.8 Å². The standard InChI is InChI=1S/C21H21F3N4O3S/c1-12-16(15-8-9-25-19(10-15)27-14(3)29)11-26-13(2)20(12)28-32(30,31)18-7-5-4-6-17(18)21(22,23)24/h4-12,16,28H,1-3H3,(H,25,27,29). The first kappa shape index (κ1) is 23.5. The summed E-state index contributed by atoms with van der Waals surface area (Å²) in [6, 6.07) is 7.34. The van der Waals surface area contributed by atoms with Crippen molar-refractivity contribution in [2.24, 2.45) is 10.9 Å². The van der Waals surface area contributed by atoms with Gasteiger partial charge in [-0.25, -0.2) is 13.4 Å². The lowest BCUT2D eigenvalue weighted by Crippen LogP contribution is -2.33. The highest BCUT2D eigenvalue weighted by atomic mass is 32.2. The minimum Gasteiger partial charge on any atom is -0.311 e. The average Bonchev–Trinajstić information content (AvgIpc) is 2.70. The molecule has 1 amide bonds. The Balaban J connectivity index is 1.94. The fraction of sp³-hybridized carbons (Fsp3) is 0.286. The molecule has 0 fully saturated rings. The largest absolute Gasteiger partial charge is 0.417 e. The monoisotopic (exact) mass is 466 g/mol. The number of allylic oxidation sites excluding steroid dienone is 2. The van der Waals surface area contributed by atoms with Crippen LogP contribution in [0.2, 0.25) is 0 Å². The molecule has 1 aliphatic rings. The van der Waals surface area contributed by atoms with Crippen molar-refractivity contribution in [3.05, 3.63) is 65.1 Å². The van der Waals surface area contributed by atoms with Crippen molar-refractivity contribution in [3.63, 3.8) is 0 Å². The molecule has 2 N–H and O–H groups in total. The molecule has 11 heteroatoms. The molecular weight excluding hydrogens is 445 g/mol. The topological polar surface area (TPSA) is 101 Å². The quantitative estimate of drug-likeness (QED) is 0.694. The highest BCUT2D eigenvalue weighted by Crippen LogP contribution is 2.37. The molecular formula is C21H21F3N4O3S. The van der Waals surface area contributed by atoms with Gasteiger partial charge in [0.1, 0.15) is 5.82 Å². The number of hydrogen-bond donors (Lipinski definition) is 2. The number of aromatic nitrogens is 1. The Labute approximate surface area is 183 Å². The third-order valence-electron chi connectivity index (χ3n) is 5.01. The van der Waals surface area contributed by atoms with E-state index < -0.39 is 38.5 Å². The zero-order chi connectivity index (χ0) is 23.7. The van der Waals surface area contributed by atoms with E-state index in [9.17, 15) is 26.4 Å². The van der Waals surface area contributed by atoms with Crippen LogP contribution in [0, 0.1) is 5.92 Å². The van der Waals surface area contributed by atoms with E-state index in [1.165, 1.54) is 19.2 Å². The zero-order valence-corrected chi connectivity index (χ0v) is 18.3. The number of rotatable bonds is 5. The first-order chi connectivity index (χ1) is 14.9. The normalized spacial score (nSPS) is 19.1. The fourth-order valence-corrected chi connectivity index (χ4v) is 4.94. The average molecular weight is 466 g/mol. The third kappa shape index (κ3) is 4.98. The molecule has 0 saturated heterocycles. The van der Waals surface area contributed by atoms with Gasteiger partial charge in [-0.15, -0.1) is 0 Å². The first-order valence-corrected chi connectivity index (χ1v) is 11.1. The number of carbonyl (C=O) groups excluding carboxylic acids is 1. The Bertz CT molecular complexity index is 1210. The van der Waals surface area contributed by atoms with E-state index in [-0.39, 0.29) is 11.6 Å². The summed E-state index contributed by atoms with van der Waals surface area (Å²) in [5, 5.41) is 2.57. The van der Waals surface area contributed by atoms with E-state index in [1.807, 2.05) is 0 Å². The molecule has 0 saturated carbocycles. The molecule has 0 bridgehead atoms. The van der Waals surface area contributed by atoms with Gasteiger partial charge in [0.25, 0.3) is 10.0 Å². The number of pyridine rings is 1. The molecule has 0 spiro atoms. The number of benzene rings is 1. The Morgan fingerprint density at radius 1 is 1.16 bits per heavy atom. The molecule has 32 heavy (non-hydrogen) atoms. The lowest BCUT2D eigenvalue weighted by Gasteiger charge is -2.29. The van der Waals surface area contributed by atoms with E-state index in [0.717, 1.165) is 18.2 Å². The molecule has 2 atom stereocenters. The van der Waals surface area contributed by atoms with Crippen LogP contribution in [-0.2, 0) is 21.0 Å². The highest BCUT2D eigenvalue weighted by Gasteiger charge is 2.38. The predicted octanol–water partition coefficient (Wildman–Crippen LogP) is 4.07. The summed E-state index contributed by atoms with van der Waals surface area (Å²) in [4.78, 5) is 18.8. The van der Waals surface area contributed by atoms with E-state index >= 15 is 0 Å². The highest BCUT2D eigenvalue weighted by molar-refractivity contribution is 7.89. The van der Waals surface area contributed by atoms with Gasteiger partial charge >= 0.3 is 6.18 Å². The number of alkyl halides is 3. The van der Waals surface area contributed by atoms with Crippen molar-refractivity contribution in [3.8, 4) is 0 Å². The number of halogens is 3. The summed E-state index contributed by atoms with van der Waals surface area (Å²) < 4.78 is 68.2. The summed E-state index contributed by atoms with van der Waals surface area (Å²) in [6.07, 6.45) is -1.70. The molecule has 0 aliphatic carbocycles. The van der Waals surface area contributed by atoms with Gasteiger partial charge in [0.15, 0.2) is 0 Å². The molecule has 1 aliphatic heterocycles. The first-order valence-electron chi connectivity index (χ1n) is 9.57. The summed E-state index contributed by atoms with van der Waals surface area (Å²) >= 11 is 0. The van der Waals surface area contributed by atoms with Crippen LogP contribution in [0.3, 0.4) is 0 Å². The minimum absolute atomic E-state index is 0.187. The molecule has 2 aromatic rings. The molecule has 1 aromatic heterocycles. The number of aliphatic imine (C=N–C) groups is 1. The summed E-state index contributed by atoms with van der Waals surface area (Å²) in [6.45, 7) is 4.66. The van der Waals surface area contributed by atoms with Crippen molar-refractivity contribution in [2.75, 3.05) is 5.32 Å². The van der Waals surface area contributed by atoms with E-state index in [2.05, 4.69) is 20.0 Å². The van der Waals surface area contributed by atoms with Crippen LogP contribution >= 0.6 is 0 Å². The summed E-state index contributed by atoms with van der Waals surface area (Å²) in [7, 11) is -4.54. The van der Waals surface area contributed by atoms with Crippen molar-refractivity contribution >= 4 is 28.0 Å². The van der Waals surface area contributed by atoms with Crippen LogP contribution in [0.5, 0.6) is 0 Å². The second-order valence-electron chi connectivity index (χ2n) is 7.35. The lowest BCUT2D eigenvalue weighted by atomic mass is 9.84. The van der Waals surface area contributed by atoms with Gasteiger partial charge in [0.05, 0.1) is 21.9 Å². The smallest absolute Gasteiger partial charge is 0.311 e. The number of nitrogens with one attached hydrogen (secondary N) is 2. The van der Waals surface area contributed by atoms with Crippen LogP contribution in [0.15, 0.2) is 63.9 Å². The summed E-state index contributed by atoms with van der Waals surface area (Å²) in [5.41, 5.74) is -0.00596. The number of carbonyl (C=O) groups is 1. The molecule has 2 unspecified atom stereocenters. The molecule has 7 nitrogen and oxygen atoms in total. The molecule has 3 rings (SSSR count). The van der Waals surface area contributed by atoms with Crippen molar-refractivity contribution in [1.29, 1.82) is 0 Å². The maximum absolute atomic E-state index is 13.4. The third-order valence-corrected chi connectivity index (χ3v) is 6.44.